The van der Waals surface area contributed by atoms with Gasteiger partial charge in [-0.25, -0.2) is 9.59 Å². The molecule has 2 amide bonds. The monoisotopic (exact) mass is 392 g/mol. The van der Waals surface area contributed by atoms with Crippen LogP contribution in [0.1, 0.15) is 5.56 Å². The Morgan fingerprint density at radius 1 is 1.24 bits per heavy atom. The third-order valence-corrected chi connectivity index (χ3v) is 4.95. The number of rotatable bonds is 6. The molecule has 1 aromatic heterocycles. The van der Waals surface area contributed by atoms with Gasteiger partial charge in [-0.15, -0.1) is 0 Å². The van der Waals surface area contributed by atoms with Crippen molar-refractivity contribution in [2.75, 3.05) is 18.6 Å². The second-order valence-electron chi connectivity index (χ2n) is 6.77. The number of carboxylic acids is 1. The van der Waals surface area contributed by atoms with Crippen molar-refractivity contribution in [2.45, 2.75) is 12.6 Å². The first-order valence-electron chi connectivity index (χ1n) is 9.10. The highest BCUT2D eigenvalue weighted by atomic mass is 16.5. The molecule has 0 radical (unpaired) electrons. The zero-order chi connectivity index (χ0) is 20.4. The number of urea groups is 1. The minimum atomic E-state index is -1.04. The van der Waals surface area contributed by atoms with Crippen LogP contribution in [0.4, 0.5) is 10.5 Å². The Balaban J connectivity index is 1.58. The van der Waals surface area contributed by atoms with Crippen LogP contribution in [0.3, 0.4) is 0 Å². The summed E-state index contributed by atoms with van der Waals surface area (Å²) >= 11 is 0. The lowest BCUT2D eigenvalue weighted by atomic mass is 10.1. The van der Waals surface area contributed by atoms with E-state index in [0.717, 1.165) is 16.7 Å². The van der Waals surface area contributed by atoms with Crippen molar-refractivity contribution in [1.29, 1.82) is 0 Å². The smallest absolute Gasteiger partial charge is 0.328 e. The highest BCUT2D eigenvalue weighted by Gasteiger charge is 2.42. The third-order valence-electron chi connectivity index (χ3n) is 4.95. The van der Waals surface area contributed by atoms with Crippen molar-refractivity contribution >= 4 is 17.7 Å². The topological polar surface area (TPSA) is 98.8 Å². The van der Waals surface area contributed by atoms with Gasteiger partial charge in [0.25, 0.3) is 0 Å². The van der Waals surface area contributed by atoms with Gasteiger partial charge in [0, 0.05) is 24.0 Å². The number of methoxy groups -OCH3 is 1. The summed E-state index contributed by atoms with van der Waals surface area (Å²) in [4.78, 5) is 27.7. The Bertz CT molecular complexity index is 1020. The fourth-order valence-corrected chi connectivity index (χ4v) is 3.48. The molecule has 2 aromatic carbocycles. The van der Waals surface area contributed by atoms with E-state index in [9.17, 15) is 14.7 Å². The molecule has 1 unspecified atom stereocenters. The maximum Gasteiger partial charge on any atom is 0.328 e. The van der Waals surface area contributed by atoms with Crippen molar-refractivity contribution in [3.63, 3.8) is 0 Å². The Kier molecular flexibility index (Phi) is 4.90. The van der Waals surface area contributed by atoms with E-state index in [4.69, 9.17) is 4.74 Å². The normalized spacial score (nSPS) is 16.3. The SMILES string of the molecule is COc1cccc(CN2CC(C(=O)O)N(c3ccc(-c4cn[nH]c4)cc3)C2=O)c1. The number of nitrogens with one attached hydrogen (secondary N) is 1. The summed E-state index contributed by atoms with van der Waals surface area (Å²) in [5.41, 5.74) is 3.26. The molecule has 1 aliphatic rings. The zero-order valence-electron chi connectivity index (χ0n) is 15.8. The molecule has 3 aromatic rings. The van der Waals surface area contributed by atoms with Gasteiger partial charge < -0.3 is 14.7 Å². The number of aromatic amines is 1. The second kappa shape index (κ2) is 7.67. The van der Waals surface area contributed by atoms with Crippen molar-refractivity contribution in [1.82, 2.24) is 15.1 Å². The maximum absolute atomic E-state index is 13.0. The zero-order valence-corrected chi connectivity index (χ0v) is 15.8. The Morgan fingerprint density at radius 2 is 2.03 bits per heavy atom. The number of aliphatic carboxylic acids is 1. The van der Waals surface area contributed by atoms with Crippen LogP contribution in [-0.2, 0) is 11.3 Å². The molecule has 0 saturated carbocycles. The van der Waals surface area contributed by atoms with Crippen LogP contribution in [-0.4, -0.2) is 51.9 Å². The van der Waals surface area contributed by atoms with E-state index in [1.54, 1.807) is 31.6 Å². The van der Waals surface area contributed by atoms with Crippen LogP contribution in [0.15, 0.2) is 60.9 Å². The molecule has 1 saturated heterocycles. The summed E-state index contributed by atoms with van der Waals surface area (Å²) in [5.74, 6) is -0.346. The van der Waals surface area contributed by atoms with E-state index in [0.29, 0.717) is 18.0 Å². The highest BCUT2D eigenvalue weighted by Crippen LogP contribution is 2.29. The number of carbonyl (C=O) groups is 2. The predicted molar refractivity (Wildman–Crippen MR) is 107 cm³/mol. The largest absolute Gasteiger partial charge is 0.497 e. The summed E-state index contributed by atoms with van der Waals surface area (Å²) in [6.07, 6.45) is 3.47. The number of H-pyrrole nitrogens is 1. The van der Waals surface area contributed by atoms with Crippen molar-refractivity contribution < 1.29 is 19.4 Å². The fraction of sp³-hybridized carbons (Fsp3) is 0.190. The standard InChI is InChI=1S/C21H20N4O4/c1-29-18-4-2-3-14(9-18)12-24-13-19(20(26)27)25(21(24)28)17-7-5-15(6-8-17)16-10-22-23-11-16/h2-11,19H,12-13H2,1H3,(H,22,23)(H,26,27). The third kappa shape index (κ3) is 3.64. The number of hydrogen-bond acceptors (Lipinski definition) is 4. The van der Waals surface area contributed by atoms with Crippen LogP contribution in [0.2, 0.25) is 0 Å². The Morgan fingerprint density at radius 3 is 2.69 bits per heavy atom. The second-order valence-corrected chi connectivity index (χ2v) is 6.77. The maximum atomic E-state index is 13.0. The van der Waals surface area contributed by atoms with E-state index in [2.05, 4.69) is 10.2 Å². The van der Waals surface area contributed by atoms with Gasteiger partial charge in [-0.2, -0.15) is 5.10 Å². The molecule has 29 heavy (non-hydrogen) atoms. The molecule has 0 bridgehead atoms. The van der Waals surface area contributed by atoms with E-state index in [1.165, 1.54) is 9.80 Å². The molecule has 2 heterocycles. The summed E-state index contributed by atoms with van der Waals surface area (Å²) in [7, 11) is 1.58. The molecule has 8 heteroatoms. The number of hydrogen-bond donors (Lipinski definition) is 2. The summed E-state index contributed by atoms with van der Waals surface area (Å²) in [6.45, 7) is 0.415. The molecule has 0 spiro atoms. The molecule has 2 N–H and O–H groups in total. The molecule has 8 nitrogen and oxygen atoms in total. The van der Waals surface area contributed by atoms with Crippen molar-refractivity contribution in [2.24, 2.45) is 0 Å². The fourth-order valence-electron chi connectivity index (χ4n) is 3.48. The molecular formula is C21H20N4O4. The first-order valence-corrected chi connectivity index (χ1v) is 9.10. The molecule has 1 aliphatic heterocycles. The van der Waals surface area contributed by atoms with E-state index >= 15 is 0 Å². The summed E-state index contributed by atoms with van der Waals surface area (Å²) in [6, 6.07) is 13.3. The molecule has 1 atom stereocenters. The van der Waals surface area contributed by atoms with E-state index in [-0.39, 0.29) is 12.6 Å². The molecule has 148 valence electrons. The lowest BCUT2D eigenvalue weighted by Gasteiger charge is -2.21. The molecular weight excluding hydrogens is 372 g/mol. The minimum Gasteiger partial charge on any atom is -0.497 e. The molecule has 0 aliphatic carbocycles. The van der Waals surface area contributed by atoms with E-state index < -0.39 is 12.0 Å². The van der Waals surface area contributed by atoms with Crippen LogP contribution in [0, 0.1) is 0 Å². The number of benzene rings is 2. The van der Waals surface area contributed by atoms with Crippen LogP contribution in [0.25, 0.3) is 11.1 Å². The average Bonchev–Trinajstić information content (AvgIpc) is 3.37. The highest BCUT2D eigenvalue weighted by molar-refractivity contribution is 6.01. The van der Waals surface area contributed by atoms with Gasteiger partial charge in [0.1, 0.15) is 5.75 Å². The van der Waals surface area contributed by atoms with Gasteiger partial charge in [0.15, 0.2) is 6.04 Å². The average molecular weight is 392 g/mol. The Labute approximate surface area is 167 Å². The number of ether oxygens (including phenoxy) is 1. The van der Waals surface area contributed by atoms with Gasteiger partial charge in [-0.3, -0.25) is 10.00 Å². The summed E-state index contributed by atoms with van der Waals surface area (Å²) in [5, 5.41) is 16.4. The number of carbonyl (C=O) groups excluding carboxylic acids is 1. The number of anilines is 1. The van der Waals surface area contributed by atoms with Gasteiger partial charge in [0.05, 0.1) is 19.9 Å². The number of nitrogens with zero attached hydrogens (tertiary/aromatic N) is 3. The van der Waals surface area contributed by atoms with Gasteiger partial charge in [-0.05, 0) is 35.4 Å². The quantitative estimate of drug-likeness (QED) is 0.672. The molecule has 4 rings (SSSR count). The minimum absolute atomic E-state index is 0.106. The summed E-state index contributed by atoms with van der Waals surface area (Å²) < 4.78 is 5.22. The number of aromatic nitrogens is 2. The number of amides is 2. The van der Waals surface area contributed by atoms with E-state index in [1.807, 2.05) is 36.4 Å². The Hall–Kier alpha value is -3.81. The lowest BCUT2D eigenvalue weighted by molar-refractivity contribution is -0.138. The van der Waals surface area contributed by atoms with Gasteiger partial charge in [0.2, 0.25) is 0 Å². The van der Waals surface area contributed by atoms with Crippen LogP contribution >= 0.6 is 0 Å². The first kappa shape index (κ1) is 18.5. The van der Waals surface area contributed by atoms with Crippen LogP contribution in [0.5, 0.6) is 5.75 Å². The van der Waals surface area contributed by atoms with Crippen molar-refractivity contribution in [3.05, 3.63) is 66.5 Å². The van der Waals surface area contributed by atoms with Gasteiger partial charge >= 0.3 is 12.0 Å². The van der Waals surface area contributed by atoms with Crippen molar-refractivity contribution in [3.8, 4) is 16.9 Å². The van der Waals surface area contributed by atoms with Crippen LogP contribution < -0.4 is 9.64 Å². The molecule has 1 fully saturated rings. The van der Waals surface area contributed by atoms with Gasteiger partial charge in [-0.1, -0.05) is 24.3 Å². The first-order chi connectivity index (χ1) is 14.1. The predicted octanol–water partition coefficient (Wildman–Crippen LogP) is 2.98. The number of carboxylic acid groups (broad SMARTS) is 1. The lowest BCUT2D eigenvalue weighted by Crippen LogP contribution is -2.39.